The molecule has 0 aliphatic carbocycles. The fourth-order valence-corrected chi connectivity index (χ4v) is 1.27. The molecule has 1 aromatic rings. The predicted octanol–water partition coefficient (Wildman–Crippen LogP) is 1.06. The molecule has 0 saturated carbocycles. The molecule has 0 bridgehead atoms. The van der Waals surface area contributed by atoms with Gasteiger partial charge in [0.1, 0.15) is 0 Å². The van der Waals surface area contributed by atoms with Crippen LogP contribution in [0.1, 0.15) is 24.2 Å². The van der Waals surface area contributed by atoms with Gasteiger partial charge < -0.3 is 9.84 Å². The molecule has 0 saturated heterocycles. The molecule has 4 nitrogen and oxygen atoms in total. The minimum absolute atomic E-state index is 0.00241. The summed E-state index contributed by atoms with van der Waals surface area (Å²) in [6.45, 7) is 5.93. The third-order valence-electron chi connectivity index (χ3n) is 2.28. The normalized spacial score (nSPS) is 13.0. The summed E-state index contributed by atoms with van der Waals surface area (Å²) in [5.41, 5.74) is 2.07. The first-order valence-electron chi connectivity index (χ1n) is 4.32. The quantitative estimate of drug-likeness (QED) is 0.764. The van der Waals surface area contributed by atoms with E-state index in [0.29, 0.717) is 5.88 Å². The van der Waals surface area contributed by atoms with Crippen LogP contribution >= 0.6 is 0 Å². The molecule has 1 atom stereocenters. The summed E-state index contributed by atoms with van der Waals surface area (Å²) in [5.74, 6) is 0.637. The van der Waals surface area contributed by atoms with Crippen molar-refractivity contribution in [3.8, 4) is 5.88 Å². The standard InChI is InChI=1S/C9H16N2O2/c1-6(5-12)11-8(3)7(2)9(10-11)13-4/h6,12H,5H2,1-4H3/t6-/m0/s1. The molecule has 1 aromatic heterocycles. The number of aliphatic hydroxyl groups excluding tert-OH is 1. The fraction of sp³-hybridized carbons (Fsp3) is 0.667. The highest BCUT2D eigenvalue weighted by Crippen LogP contribution is 2.21. The summed E-state index contributed by atoms with van der Waals surface area (Å²) in [4.78, 5) is 0. The summed E-state index contributed by atoms with van der Waals surface area (Å²) in [5, 5.41) is 13.2. The van der Waals surface area contributed by atoms with E-state index in [0.717, 1.165) is 11.3 Å². The molecule has 13 heavy (non-hydrogen) atoms. The minimum atomic E-state index is 0.00241. The van der Waals surface area contributed by atoms with E-state index in [-0.39, 0.29) is 12.6 Å². The zero-order valence-electron chi connectivity index (χ0n) is 8.53. The SMILES string of the molecule is COc1nn([C@@H](C)CO)c(C)c1C. The molecule has 0 radical (unpaired) electrons. The Labute approximate surface area is 78.1 Å². The number of aromatic nitrogens is 2. The van der Waals surface area contributed by atoms with E-state index in [1.165, 1.54) is 0 Å². The van der Waals surface area contributed by atoms with E-state index < -0.39 is 0 Å². The summed E-state index contributed by atoms with van der Waals surface area (Å²) >= 11 is 0. The van der Waals surface area contributed by atoms with Gasteiger partial charge in [-0.3, -0.25) is 4.68 Å². The molecular formula is C9H16N2O2. The Bertz CT molecular complexity index is 294. The van der Waals surface area contributed by atoms with Gasteiger partial charge in [0.25, 0.3) is 0 Å². The van der Waals surface area contributed by atoms with Crippen molar-refractivity contribution in [2.75, 3.05) is 13.7 Å². The molecule has 1 heterocycles. The Morgan fingerprint density at radius 2 is 2.15 bits per heavy atom. The van der Waals surface area contributed by atoms with Crippen LogP contribution in [0, 0.1) is 13.8 Å². The average molecular weight is 184 g/mol. The lowest BCUT2D eigenvalue weighted by molar-refractivity contribution is 0.226. The Morgan fingerprint density at radius 3 is 2.54 bits per heavy atom. The van der Waals surface area contributed by atoms with Crippen LogP contribution in [-0.4, -0.2) is 28.6 Å². The Hall–Kier alpha value is -1.03. The zero-order valence-corrected chi connectivity index (χ0v) is 8.53. The van der Waals surface area contributed by atoms with Crippen LogP contribution < -0.4 is 4.74 Å². The minimum Gasteiger partial charge on any atom is -0.480 e. The van der Waals surface area contributed by atoms with Crippen LogP contribution in [0.4, 0.5) is 0 Å². The lowest BCUT2D eigenvalue weighted by Gasteiger charge is -2.10. The van der Waals surface area contributed by atoms with Gasteiger partial charge >= 0.3 is 0 Å². The summed E-state index contributed by atoms with van der Waals surface area (Å²) in [7, 11) is 1.60. The smallest absolute Gasteiger partial charge is 0.235 e. The second kappa shape index (κ2) is 3.79. The van der Waals surface area contributed by atoms with E-state index in [2.05, 4.69) is 5.10 Å². The molecule has 0 spiro atoms. The highest BCUT2D eigenvalue weighted by Gasteiger charge is 2.14. The highest BCUT2D eigenvalue weighted by atomic mass is 16.5. The molecule has 0 aliphatic heterocycles. The lowest BCUT2D eigenvalue weighted by Crippen LogP contribution is -2.12. The molecular weight excluding hydrogens is 168 g/mol. The van der Waals surface area contributed by atoms with Crippen LogP contribution in [0.2, 0.25) is 0 Å². The number of ether oxygens (including phenoxy) is 1. The summed E-state index contributed by atoms with van der Waals surface area (Å²) in [6, 6.07) is 0.00241. The van der Waals surface area contributed by atoms with Crippen molar-refractivity contribution in [3.05, 3.63) is 11.3 Å². The van der Waals surface area contributed by atoms with Gasteiger partial charge in [0.15, 0.2) is 0 Å². The number of rotatable bonds is 3. The van der Waals surface area contributed by atoms with E-state index >= 15 is 0 Å². The van der Waals surface area contributed by atoms with E-state index in [9.17, 15) is 0 Å². The second-order valence-electron chi connectivity index (χ2n) is 3.20. The first-order valence-corrected chi connectivity index (χ1v) is 4.32. The van der Waals surface area contributed by atoms with Gasteiger partial charge in [-0.05, 0) is 20.8 Å². The van der Waals surface area contributed by atoms with Gasteiger partial charge in [-0.2, -0.15) is 0 Å². The molecule has 0 fully saturated rings. The monoisotopic (exact) mass is 184 g/mol. The van der Waals surface area contributed by atoms with Crippen molar-refractivity contribution in [2.24, 2.45) is 0 Å². The molecule has 0 aliphatic rings. The summed E-state index contributed by atoms with van der Waals surface area (Å²) in [6.07, 6.45) is 0. The average Bonchev–Trinajstić information content (AvgIpc) is 2.43. The number of aliphatic hydroxyl groups is 1. The maximum atomic E-state index is 8.98. The molecule has 1 N–H and O–H groups in total. The van der Waals surface area contributed by atoms with Crippen molar-refractivity contribution < 1.29 is 9.84 Å². The fourth-order valence-electron chi connectivity index (χ4n) is 1.27. The number of hydrogen-bond donors (Lipinski definition) is 1. The molecule has 4 heteroatoms. The van der Waals surface area contributed by atoms with E-state index in [1.54, 1.807) is 11.8 Å². The number of hydrogen-bond acceptors (Lipinski definition) is 3. The van der Waals surface area contributed by atoms with Crippen molar-refractivity contribution in [3.63, 3.8) is 0 Å². The Kier molecular flexibility index (Phi) is 2.93. The predicted molar refractivity (Wildman–Crippen MR) is 50.0 cm³/mol. The third-order valence-corrected chi connectivity index (χ3v) is 2.28. The Balaban J connectivity index is 3.09. The van der Waals surface area contributed by atoms with Crippen molar-refractivity contribution >= 4 is 0 Å². The van der Waals surface area contributed by atoms with Crippen LogP contribution in [0.25, 0.3) is 0 Å². The topological polar surface area (TPSA) is 47.3 Å². The Morgan fingerprint density at radius 1 is 1.54 bits per heavy atom. The van der Waals surface area contributed by atoms with E-state index in [1.807, 2.05) is 20.8 Å². The van der Waals surface area contributed by atoms with Crippen molar-refractivity contribution in [1.29, 1.82) is 0 Å². The molecule has 0 amide bonds. The lowest BCUT2D eigenvalue weighted by atomic mass is 10.2. The molecule has 74 valence electrons. The molecule has 1 rings (SSSR count). The number of methoxy groups -OCH3 is 1. The van der Waals surface area contributed by atoms with E-state index in [4.69, 9.17) is 9.84 Å². The van der Waals surface area contributed by atoms with Crippen LogP contribution in [-0.2, 0) is 0 Å². The van der Waals surface area contributed by atoms with Gasteiger partial charge in [0.05, 0.1) is 19.8 Å². The molecule has 0 unspecified atom stereocenters. The van der Waals surface area contributed by atoms with Gasteiger partial charge in [-0.25, -0.2) is 0 Å². The van der Waals surface area contributed by atoms with Crippen molar-refractivity contribution in [2.45, 2.75) is 26.8 Å². The van der Waals surface area contributed by atoms with Crippen molar-refractivity contribution in [1.82, 2.24) is 9.78 Å². The number of nitrogens with zero attached hydrogens (tertiary/aromatic N) is 2. The second-order valence-corrected chi connectivity index (χ2v) is 3.20. The first-order chi connectivity index (χ1) is 6.11. The maximum Gasteiger partial charge on any atom is 0.235 e. The van der Waals surface area contributed by atoms with Crippen LogP contribution in [0.15, 0.2) is 0 Å². The van der Waals surface area contributed by atoms with Crippen LogP contribution in [0.5, 0.6) is 5.88 Å². The molecule has 0 aromatic carbocycles. The third kappa shape index (κ3) is 1.67. The zero-order chi connectivity index (χ0) is 10.0. The maximum absolute atomic E-state index is 8.98. The van der Waals surface area contributed by atoms with Crippen LogP contribution in [0.3, 0.4) is 0 Å². The van der Waals surface area contributed by atoms with Gasteiger partial charge in [-0.1, -0.05) is 0 Å². The first kappa shape index (κ1) is 10.1. The van der Waals surface area contributed by atoms with Gasteiger partial charge in [0.2, 0.25) is 5.88 Å². The highest BCUT2D eigenvalue weighted by molar-refractivity contribution is 5.29. The largest absolute Gasteiger partial charge is 0.480 e. The van der Waals surface area contributed by atoms with Gasteiger partial charge in [-0.15, -0.1) is 5.10 Å². The summed E-state index contributed by atoms with van der Waals surface area (Å²) < 4.78 is 6.87. The van der Waals surface area contributed by atoms with Gasteiger partial charge in [0, 0.05) is 11.3 Å².